The molecule has 0 aromatic heterocycles. The van der Waals surface area contributed by atoms with Crippen molar-refractivity contribution >= 4 is 17.5 Å². The summed E-state index contributed by atoms with van der Waals surface area (Å²) < 4.78 is 19.4. The predicted molar refractivity (Wildman–Crippen MR) is 215 cm³/mol. The average molecular weight is 760 g/mol. The number of carbonyl (C=O) groups excluding carboxylic acids is 1. The van der Waals surface area contributed by atoms with Crippen LogP contribution in [0.1, 0.15) is 96.4 Å². The third kappa shape index (κ3) is 10.6. The van der Waals surface area contributed by atoms with Gasteiger partial charge in [0, 0.05) is 31.1 Å². The fourth-order valence-corrected chi connectivity index (χ4v) is 7.87. The molecule has 6 rings (SSSR count). The summed E-state index contributed by atoms with van der Waals surface area (Å²) >= 11 is 6.91. The number of unbranched alkanes of at least 4 members (excludes halogenated alkanes) is 1. The smallest absolute Gasteiger partial charge is 0.217 e. The first kappa shape index (κ1) is 39.6. The van der Waals surface area contributed by atoms with Crippen LogP contribution < -0.4 is 25.3 Å². The van der Waals surface area contributed by atoms with Crippen LogP contribution in [0.15, 0.2) is 66.7 Å². The van der Waals surface area contributed by atoms with E-state index in [1.54, 1.807) is 18.2 Å². The number of fused-ring (bicyclic) bond motifs is 1. The first-order chi connectivity index (χ1) is 26.8. The second kappa shape index (κ2) is 19.5. The zero-order valence-corrected chi connectivity index (χ0v) is 32.4. The molecule has 9 nitrogen and oxygen atoms in total. The van der Waals surface area contributed by atoms with Crippen LogP contribution in [0.3, 0.4) is 0 Å². The summed E-state index contributed by atoms with van der Waals surface area (Å²) in [6.45, 7) is 7.65. The SMILES string of the molecule is Cc1c(OCCCN2CCCCC2)cccc1-c1cccc2c1CC[C@@H]2Oc1cc(OCc2cc(C#N)cc(C#N)c2)c(CNCCCCC(N)=O)cc1Cl. The number of nitrogens with one attached hydrogen (secondary N) is 1. The standard InChI is InChI=1S/C45H50ClN5O4/c1-31-36(10-8-13-41(31)53-21-9-20-51-18-5-2-6-19-51)37-11-7-12-39-38(37)15-16-42(39)55-44-26-43(54-30-34-23-32(27-47)22-33(24-34)28-48)35(25-40(44)46)29-50-17-4-3-14-45(49)52/h7-8,10-13,22-26,42,50H,2-6,9,14-21,29-30H2,1H3,(H2,49,52)/t42-/m0/s1. The maximum atomic E-state index is 11.1. The molecular formula is C45H50ClN5O4. The van der Waals surface area contributed by atoms with Gasteiger partial charge in [-0.1, -0.05) is 48.4 Å². The minimum Gasteiger partial charge on any atom is -0.493 e. The van der Waals surface area contributed by atoms with E-state index in [2.05, 4.69) is 65.7 Å². The van der Waals surface area contributed by atoms with Gasteiger partial charge in [0.15, 0.2) is 0 Å². The zero-order valence-electron chi connectivity index (χ0n) is 31.7. The molecule has 286 valence electrons. The van der Waals surface area contributed by atoms with Gasteiger partial charge in [-0.2, -0.15) is 10.5 Å². The van der Waals surface area contributed by atoms with Crippen molar-refractivity contribution in [3.05, 3.63) is 111 Å². The van der Waals surface area contributed by atoms with Gasteiger partial charge in [-0.3, -0.25) is 4.79 Å². The van der Waals surface area contributed by atoms with Crippen LogP contribution in [0.25, 0.3) is 11.1 Å². The van der Waals surface area contributed by atoms with Gasteiger partial charge in [0.25, 0.3) is 0 Å². The minimum atomic E-state index is -0.303. The second-order valence-corrected chi connectivity index (χ2v) is 14.9. The number of hydrogen-bond donors (Lipinski definition) is 2. The summed E-state index contributed by atoms with van der Waals surface area (Å²) in [5.41, 5.74) is 13.5. The molecule has 1 saturated heterocycles. The highest BCUT2D eigenvalue weighted by Gasteiger charge is 2.28. The molecule has 0 radical (unpaired) electrons. The number of nitrogens with zero attached hydrogens (tertiary/aromatic N) is 3. The molecule has 1 atom stereocenters. The lowest BCUT2D eigenvalue weighted by atomic mass is 9.93. The van der Waals surface area contributed by atoms with Crippen molar-refractivity contribution in [2.45, 2.75) is 84.0 Å². The number of hydrogen-bond acceptors (Lipinski definition) is 8. The summed E-state index contributed by atoms with van der Waals surface area (Å²) in [4.78, 5) is 13.7. The van der Waals surface area contributed by atoms with Crippen LogP contribution >= 0.6 is 11.6 Å². The number of amides is 1. The molecule has 0 unspecified atom stereocenters. The Morgan fingerprint density at radius 3 is 2.44 bits per heavy atom. The fraction of sp³-hybridized carbons (Fsp3) is 0.400. The van der Waals surface area contributed by atoms with E-state index < -0.39 is 0 Å². The highest BCUT2D eigenvalue weighted by Crippen LogP contribution is 2.44. The second-order valence-electron chi connectivity index (χ2n) is 14.5. The molecule has 55 heavy (non-hydrogen) atoms. The number of carbonyl (C=O) groups is 1. The van der Waals surface area contributed by atoms with Crippen molar-refractivity contribution in [1.29, 1.82) is 10.5 Å². The monoisotopic (exact) mass is 759 g/mol. The summed E-state index contributed by atoms with van der Waals surface area (Å²) in [6.07, 6.45) is 8.30. The quantitative estimate of drug-likeness (QED) is 0.0963. The molecule has 1 fully saturated rings. The molecule has 1 aliphatic heterocycles. The maximum absolute atomic E-state index is 11.1. The Balaban J connectivity index is 1.18. The van der Waals surface area contributed by atoms with Gasteiger partial charge in [-0.15, -0.1) is 0 Å². The number of nitriles is 2. The third-order valence-corrected chi connectivity index (χ3v) is 10.8. The van der Waals surface area contributed by atoms with E-state index in [4.69, 9.17) is 31.5 Å². The van der Waals surface area contributed by atoms with Crippen LogP contribution in [-0.2, 0) is 24.4 Å². The molecule has 2 aliphatic rings. The van der Waals surface area contributed by atoms with Gasteiger partial charge in [0.1, 0.15) is 30.0 Å². The number of ether oxygens (including phenoxy) is 3. The lowest BCUT2D eigenvalue weighted by Gasteiger charge is -2.26. The van der Waals surface area contributed by atoms with Crippen molar-refractivity contribution in [1.82, 2.24) is 10.2 Å². The van der Waals surface area contributed by atoms with Gasteiger partial charge in [-0.25, -0.2) is 0 Å². The van der Waals surface area contributed by atoms with Gasteiger partial charge in [0.2, 0.25) is 5.91 Å². The van der Waals surface area contributed by atoms with Crippen molar-refractivity contribution in [3.63, 3.8) is 0 Å². The van der Waals surface area contributed by atoms with E-state index in [1.165, 1.54) is 49.0 Å². The number of piperidine rings is 1. The van der Waals surface area contributed by atoms with Crippen LogP contribution in [0, 0.1) is 29.6 Å². The summed E-state index contributed by atoms with van der Waals surface area (Å²) in [5.74, 6) is 1.73. The Labute approximate surface area is 329 Å². The van der Waals surface area contributed by atoms with Crippen LogP contribution in [-0.4, -0.2) is 43.6 Å². The number of nitrogens with two attached hydrogens (primary N) is 1. The zero-order chi connectivity index (χ0) is 38.6. The average Bonchev–Trinajstić information content (AvgIpc) is 3.61. The Morgan fingerprint density at radius 1 is 0.909 bits per heavy atom. The summed E-state index contributed by atoms with van der Waals surface area (Å²) in [6, 6.07) is 25.7. The summed E-state index contributed by atoms with van der Waals surface area (Å²) in [7, 11) is 0. The first-order valence-electron chi connectivity index (χ1n) is 19.4. The van der Waals surface area contributed by atoms with Crippen molar-refractivity contribution in [2.24, 2.45) is 5.73 Å². The lowest BCUT2D eigenvalue weighted by molar-refractivity contribution is -0.118. The van der Waals surface area contributed by atoms with E-state index in [-0.39, 0.29) is 18.6 Å². The molecule has 10 heteroatoms. The Morgan fingerprint density at radius 2 is 1.67 bits per heavy atom. The van der Waals surface area contributed by atoms with E-state index in [9.17, 15) is 15.3 Å². The topological polar surface area (TPSA) is 134 Å². The van der Waals surface area contributed by atoms with Gasteiger partial charge < -0.3 is 30.2 Å². The molecule has 0 spiro atoms. The molecule has 3 N–H and O–H groups in total. The third-order valence-electron chi connectivity index (χ3n) is 10.5. The van der Waals surface area contributed by atoms with Crippen molar-refractivity contribution in [2.75, 3.05) is 32.8 Å². The van der Waals surface area contributed by atoms with Gasteiger partial charge in [-0.05, 0) is 135 Å². The molecule has 0 bridgehead atoms. The molecule has 4 aromatic carbocycles. The Bertz CT molecular complexity index is 2020. The van der Waals surface area contributed by atoms with Crippen molar-refractivity contribution < 1.29 is 19.0 Å². The minimum absolute atomic E-state index is 0.146. The Kier molecular flexibility index (Phi) is 14.1. The molecular weight excluding hydrogens is 710 g/mol. The van der Waals surface area contributed by atoms with E-state index in [0.717, 1.165) is 54.7 Å². The summed E-state index contributed by atoms with van der Waals surface area (Å²) in [5, 5.41) is 22.9. The number of primary amides is 1. The maximum Gasteiger partial charge on any atom is 0.217 e. The first-order valence-corrected chi connectivity index (χ1v) is 19.8. The van der Waals surface area contributed by atoms with Gasteiger partial charge >= 0.3 is 0 Å². The van der Waals surface area contributed by atoms with Crippen LogP contribution in [0.5, 0.6) is 17.2 Å². The predicted octanol–water partition coefficient (Wildman–Crippen LogP) is 8.70. The molecule has 4 aromatic rings. The molecule has 1 aliphatic carbocycles. The van der Waals surface area contributed by atoms with E-state index in [0.29, 0.717) is 65.8 Å². The lowest BCUT2D eigenvalue weighted by Crippen LogP contribution is -2.31. The van der Waals surface area contributed by atoms with E-state index in [1.807, 2.05) is 12.1 Å². The molecule has 1 heterocycles. The fourth-order valence-electron chi connectivity index (χ4n) is 7.64. The highest BCUT2D eigenvalue weighted by atomic mass is 35.5. The van der Waals surface area contributed by atoms with E-state index >= 15 is 0 Å². The number of likely N-dealkylation sites (tertiary alicyclic amines) is 1. The van der Waals surface area contributed by atoms with Crippen molar-refractivity contribution in [3.8, 4) is 40.5 Å². The molecule has 0 saturated carbocycles. The van der Waals surface area contributed by atoms with Crippen LogP contribution in [0.4, 0.5) is 0 Å². The molecule has 1 amide bonds. The highest BCUT2D eigenvalue weighted by molar-refractivity contribution is 6.32. The Hall–Kier alpha value is -5.06. The van der Waals surface area contributed by atoms with Crippen LogP contribution in [0.2, 0.25) is 5.02 Å². The number of rotatable bonds is 18. The number of benzene rings is 4. The largest absolute Gasteiger partial charge is 0.493 e. The number of halogens is 1. The van der Waals surface area contributed by atoms with Gasteiger partial charge in [0.05, 0.1) is 34.9 Å². The normalized spacial score (nSPS) is 15.2.